The molecule has 1 amide bonds. The van der Waals surface area contributed by atoms with Gasteiger partial charge < -0.3 is 19.3 Å². The van der Waals surface area contributed by atoms with Crippen LogP contribution in [0.2, 0.25) is 0 Å². The Labute approximate surface area is 172 Å². The molecule has 0 aromatic heterocycles. The molecule has 4 rings (SSSR count). The Balaban J connectivity index is 1.31. The van der Waals surface area contributed by atoms with E-state index >= 15 is 0 Å². The van der Waals surface area contributed by atoms with Crippen LogP contribution in [0.1, 0.15) is 18.1 Å². The maximum atomic E-state index is 12.9. The van der Waals surface area contributed by atoms with Crippen molar-refractivity contribution >= 4 is 11.6 Å². The van der Waals surface area contributed by atoms with Gasteiger partial charge in [0.25, 0.3) is 0 Å². The monoisotopic (exact) mass is 395 g/mol. The summed E-state index contributed by atoms with van der Waals surface area (Å²) in [4.78, 5) is 19.5. The van der Waals surface area contributed by atoms with E-state index in [1.54, 1.807) is 0 Å². The number of carbonyl (C=O) groups excluding carboxylic acids is 1. The molecule has 0 N–H and O–H groups in total. The van der Waals surface area contributed by atoms with Crippen molar-refractivity contribution in [3.63, 3.8) is 0 Å². The Morgan fingerprint density at radius 3 is 2.55 bits per heavy atom. The number of hydrogen-bond acceptors (Lipinski definition) is 5. The van der Waals surface area contributed by atoms with Gasteiger partial charge in [0.1, 0.15) is 0 Å². The zero-order valence-corrected chi connectivity index (χ0v) is 17.3. The summed E-state index contributed by atoms with van der Waals surface area (Å²) in [5.74, 6) is 1.71. The largest absolute Gasteiger partial charge is 0.454 e. The SMILES string of the molecule is CCN(Cc1ccc2c(c1)OCO2)C(=O)CN1CCN(c2ccccc2C)CC1. The molecule has 6 nitrogen and oxygen atoms in total. The van der Waals surface area contributed by atoms with Gasteiger partial charge in [-0.15, -0.1) is 0 Å². The second kappa shape index (κ2) is 8.74. The van der Waals surface area contributed by atoms with E-state index in [9.17, 15) is 4.79 Å². The van der Waals surface area contributed by atoms with E-state index in [1.807, 2.05) is 30.0 Å². The van der Waals surface area contributed by atoms with Gasteiger partial charge in [0.15, 0.2) is 11.5 Å². The number of piperazine rings is 1. The molecule has 0 unspecified atom stereocenters. The van der Waals surface area contributed by atoms with Crippen molar-refractivity contribution in [2.24, 2.45) is 0 Å². The summed E-state index contributed by atoms with van der Waals surface area (Å²) >= 11 is 0. The smallest absolute Gasteiger partial charge is 0.237 e. The number of ether oxygens (including phenoxy) is 2. The zero-order valence-electron chi connectivity index (χ0n) is 17.3. The number of anilines is 1. The molecule has 2 aliphatic heterocycles. The predicted molar refractivity (Wildman–Crippen MR) is 113 cm³/mol. The number of fused-ring (bicyclic) bond motifs is 1. The highest BCUT2D eigenvalue weighted by Gasteiger charge is 2.22. The highest BCUT2D eigenvalue weighted by Crippen LogP contribution is 2.32. The van der Waals surface area contributed by atoms with E-state index in [2.05, 4.69) is 41.0 Å². The van der Waals surface area contributed by atoms with E-state index in [1.165, 1.54) is 11.3 Å². The molecule has 29 heavy (non-hydrogen) atoms. The number of hydrogen-bond donors (Lipinski definition) is 0. The lowest BCUT2D eigenvalue weighted by atomic mass is 10.1. The highest BCUT2D eigenvalue weighted by molar-refractivity contribution is 5.78. The molecule has 2 aliphatic rings. The number of likely N-dealkylation sites (N-methyl/N-ethyl adjacent to an activating group) is 1. The third-order valence-corrected chi connectivity index (χ3v) is 5.73. The van der Waals surface area contributed by atoms with Crippen molar-refractivity contribution < 1.29 is 14.3 Å². The molecule has 2 aromatic rings. The van der Waals surface area contributed by atoms with Crippen molar-refractivity contribution in [3.8, 4) is 11.5 Å². The number of benzene rings is 2. The normalized spacial score (nSPS) is 16.1. The number of rotatable bonds is 6. The van der Waals surface area contributed by atoms with Crippen LogP contribution in [0.4, 0.5) is 5.69 Å². The number of aryl methyl sites for hydroxylation is 1. The Hall–Kier alpha value is -2.73. The van der Waals surface area contributed by atoms with Crippen LogP contribution in [0, 0.1) is 6.92 Å². The fourth-order valence-corrected chi connectivity index (χ4v) is 3.99. The molecule has 0 radical (unpaired) electrons. The van der Waals surface area contributed by atoms with Gasteiger partial charge in [0.05, 0.1) is 6.54 Å². The van der Waals surface area contributed by atoms with Crippen LogP contribution in [0.5, 0.6) is 11.5 Å². The number of para-hydroxylation sites is 1. The molecular formula is C23H29N3O3. The van der Waals surface area contributed by atoms with Crippen LogP contribution in [-0.2, 0) is 11.3 Å². The Morgan fingerprint density at radius 2 is 1.79 bits per heavy atom. The first-order valence-electron chi connectivity index (χ1n) is 10.3. The van der Waals surface area contributed by atoms with Crippen LogP contribution >= 0.6 is 0 Å². The van der Waals surface area contributed by atoms with Crippen molar-refractivity contribution in [1.82, 2.24) is 9.80 Å². The molecule has 0 atom stereocenters. The van der Waals surface area contributed by atoms with E-state index < -0.39 is 0 Å². The van der Waals surface area contributed by atoms with Gasteiger partial charge in [-0.05, 0) is 43.2 Å². The average molecular weight is 396 g/mol. The lowest BCUT2D eigenvalue weighted by Gasteiger charge is -2.37. The second-order valence-corrected chi connectivity index (χ2v) is 7.65. The number of carbonyl (C=O) groups is 1. The minimum absolute atomic E-state index is 0.175. The van der Waals surface area contributed by atoms with Crippen LogP contribution in [0.3, 0.4) is 0 Å². The molecule has 0 saturated carbocycles. The lowest BCUT2D eigenvalue weighted by molar-refractivity contribution is -0.132. The molecule has 6 heteroatoms. The minimum atomic E-state index is 0.175. The molecule has 1 fully saturated rings. The molecular weight excluding hydrogens is 366 g/mol. The van der Waals surface area contributed by atoms with E-state index in [-0.39, 0.29) is 12.7 Å². The fourth-order valence-electron chi connectivity index (χ4n) is 3.99. The van der Waals surface area contributed by atoms with Crippen molar-refractivity contribution in [3.05, 3.63) is 53.6 Å². The highest BCUT2D eigenvalue weighted by atomic mass is 16.7. The summed E-state index contributed by atoms with van der Waals surface area (Å²) in [5, 5.41) is 0. The van der Waals surface area contributed by atoms with Gasteiger partial charge in [0.2, 0.25) is 12.7 Å². The topological polar surface area (TPSA) is 45.3 Å². The summed E-state index contributed by atoms with van der Waals surface area (Å²) < 4.78 is 10.8. The molecule has 0 bridgehead atoms. The first-order valence-corrected chi connectivity index (χ1v) is 10.3. The third-order valence-electron chi connectivity index (χ3n) is 5.73. The zero-order chi connectivity index (χ0) is 20.2. The standard InChI is InChI=1S/C23H29N3O3/c1-3-25(15-19-8-9-21-22(14-19)29-17-28-21)23(27)16-24-10-12-26(13-11-24)20-7-5-4-6-18(20)2/h4-9,14H,3,10-13,15-17H2,1-2H3. The van der Waals surface area contributed by atoms with Crippen LogP contribution < -0.4 is 14.4 Å². The van der Waals surface area contributed by atoms with Crippen LogP contribution in [0.25, 0.3) is 0 Å². The molecule has 1 saturated heterocycles. The quantitative estimate of drug-likeness (QED) is 0.753. The number of nitrogens with zero attached hydrogens (tertiary/aromatic N) is 3. The van der Waals surface area contributed by atoms with Gasteiger partial charge in [0, 0.05) is 45.0 Å². The maximum absolute atomic E-state index is 12.9. The van der Waals surface area contributed by atoms with Crippen molar-refractivity contribution in [2.75, 3.05) is 51.0 Å². The fraction of sp³-hybridized carbons (Fsp3) is 0.435. The molecule has 2 heterocycles. The van der Waals surface area contributed by atoms with E-state index in [4.69, 9.17) is 9.47 Å². The predicted octanol–water partition coefficient (Wildman–Crippen LogP) is 2.89. The lowest BCUT2D eigenvalue weighted by Crippen LogP contribution is -2.50. The minimum Gasteiger partial charge on any atom is -0.454 e. The van der Waals surface area contributed by atoms with Gasteiger partial charge in [-0.1, -0.05) is 24.3 Å². The molecule has 0 spiro atoms. The van der Waals surface area contributed by atoms with Crippen LogP contribution in [-0.4, -0.2) is 61.8 Å². The summed E-state index contributed by atoms with van der Waals surface area (Å²) in [7, 11) is 0. The summed E-state index contributed by atoms with van der Waals surface area (Å²) in [5.41, 5.74) is 3.67. The number of amides is 1. The van der Waals surface area contributed by atoms with Crippen LogP contribution in [0.15, 0.2) is 42.5 Å². The molecule has 154 valence electrons. The Kier molecular flexibility index (Phi) is 5.90. The first kappa shape index (κ1) is 19.6. The molecule has 0 aliphatic carbocycles. The summed E-state index contributed by atoms with van der Waals surface area (Å²) in [6.45, 7) is 9.92. The third kappa shape index (κ3) is 4.48. The summed E-state index contributed by atoms with van der Waals surface area (Å²) in [6, 6.07) is 14.4. The Bertz CT molecular complexity index is 862. The average Bonchev–Trinajstić information content (AvgIpc) is 3.21. The first-order chi connectivity index (χ1) is 14.1. The van der Waals surface area contributed by atoms with Crippen molar-refractivity contribution in [2.45, 2.75) is 20.4 Å². The van der Waals surface area contributed by atoms with E-state index in [0.29, 0.717) is 19.6 Å². The van der Waals surface area contributed by atoms with Gasteiger partial charge >= 0.3 is 0 Å². The summed E-state index contributed by atoms with van der Waals surface area (Å²) in [6.07, 6.45) is 0. The second-order valence-electron chi connectivity index (χ2n) is 7.65. The molecule has 2 aromatic carbocycles. The van der Waals surface area contributed by atoms with E-state index in [0.717, 1.165) is 43.2 Å². The Morgan fingerprint density at radius 1 is 1.03 bits per heavy atom. The van der Waals surface area contributed by atoms with Gasteiger partial charge in [-0.25, -0.2) is 0 Å². The van der Waals surface area contributed by atoms with Gasteiger partial charge in [-0.2, -0.15) is 0 Å². The maximum Gasteiger partial charge on any atom is 0.237 e. The van der Waals surface area contributed by atoms with Crippen molar-refractivity contribution in [1.29, 1.82) is 0 Å². The van der Waals surface area contributed by atoms with Gasteiger partial charge in [-0.3, -0.25) is 9.69 Å².